The van der Waals surface area contributed by atoms with Gasteiger partial charge in [0.1, 0.15) is 12.7 Å². The quantitative estimate of drug-likeness (QED) is 0.687. The molecule has 0 N–H and O–H groups in total. The maximum absolute atomic E-state index is 13.4. The third-order valence-electron chi connectivity index (χ3n) is 4.99. The number of carbonyl (C=O) groups excluding carboxylic acids is 1. The van der Waals surface area contributed by atoms with E-state index in [2.05, 4.69) is 32.5 Å². The molecule has 1 fully saturated rings. The fraction of sp³-hybridized carbons (Fsp3) is 0.350. The Kier molecular flexibility index (Phi) is 5.11. The molecule has 1 atom stereocenters. The number of aromatic nitrogens is 3. The van der Waals surface area contributed by atoms with Gasteiger partial charge in [-0.3, -0.25) is 4.79 Å². The highest BCUT2D eigenvalue weighted by Gasteiger charge is 2.28. The van der Waals surface area contributed by atoms with Gasteiger partial charge in [0.05, 0.1) is 11.3 Å². The van der Waals surface area contributed by atoms with E-state index in [4.69, 9.17) is 0 Å². The fourth-order valence-corrected chi connectivity index (χ4v) is 4.40. The maximum Gasteiger partial charge on any atom is 0.256 e. The topological polar surface area (TPSA) is 51.0 Å². The van der Waals surface area contributed by atoms with Gasteiger partial charge in [-0.25, -0.2) is 9.67 Å². The maximum atomic E-state index is 13.4. The largest absolute Gasteiger partial charge is 0.336 e. The zero-order valence-electron chi connectivity index (χ0n) is 14.6. The van der Waals surface area contributed by atoms with Crippen LogP contribution >= 0.6 is 11.3 Å². The molecule has 134 valence electrons. The summed E-state index contributed by atoms with van der Waals surface area (Å²) in [6.45, 7) is 0.833. The third kappa shape index (κ3) is 3.55. The van der Waals surface area contributed by atoms with Crippen molar-refractivity contribution in [2.24, 2.45) is 0 Å². The molecule has 26 heavy (non-hydrogen) atoms. The van der Waals surface area contributed by atoms with Crippen molar-refractivity contribution in [2.45, 2.75) is 38.1 Å². The molecule has 0 spiro atoms. The summed E-state index contributed by atoms with van der Waals surface area (Å²) in [5, 5.41) is 6.32. The van der Waals surface area contributed by atoms with Gasteiger partial charge in [0.2, 0.25) is 0 Å². The second-order valence-corrected chi connectivity index (χ2v) is 7.66. The van der Waals surface area contributed by atoms with Crippen molar-refractivity contribution in [2.75, 3.05) is 6.54 Å². The molecule has 1 aromatic carbocycles. The second kappa shape index (κ2) is 7.83. The van der Waals surface area contributed by atoms with E-state index in [1.807, 2.05) is 24.3 Å². The van der Waals surface area contributed by atoms with Gasteiger partial charge >= 0.3 is 0 Å². The number of rotatable bonds is 5. The highest BCUT2D eigenvalue weighted by Crippen LogP contribution is 2.26. The molecule has 0 unspecified atom stereocenters. The highest BCUT2D eigenvalue weighted by atomic mass is 32.1. The summed E-state index contributed by atoms with van der Waals surface area (Å²) in [4.78, 5) is 20.8. The lowest BCUT2D eigenvalue weighted by molar-refractivity contribution is 0.0602. The summed E-state index contributed by atoms with van der Waals surface area (Å²) in [5.41, 5.74) is 1.48. The molecule has 0 radical (unpaired) electrons. The van der Waals surface area contributed by atoms with Crippen LogP contribution in [-0.4, -0.2) is 38.2 Å². The summed E-state index contributed by atoms with van der Waals surface area (Å²) < 4.78 is 1.66. The normalized spacial score (nSPS) is 17.4. The number of para-hydroxylation sites is 1. The molecule has 3 aromatic rings. The van der Waals surface area contributed by atoms with Crippen LogP contribution in [0.1, 0.15) is 40.9 Å². The minimum Gasteiger partial charge on any atom is -0.336 e. The molecular formula is C20H22N4OS. The molecule has 2 aromatic heterocycles. The van der Waals surface area contributed by atoms with Gasteiger partial charge in [-0.2, -0.15) is 5.10 Å². The Bertz CT molecular complexity index is 845. The number of benzene rings is 1. The molecule has 1 aliphatic heterocycles. The van der Waals surface area contributed by atoms with Crippen molar-refractivity contribution in [1.82, 2.24) is 19.7 Å². The number of aryl methyl sites for hydroxylation is 1. The van der Waals surface area contributed by atoms with Crippen LogP contribution in [-0.2, 0) is 6.42 Å². The van der Waals surface area contributed by atoms with Crippen LogP contribution in [0, 0.1) is 0 Å². The zero-order valence-corrected chi connectivity index (χ0v) is 15.4. The molecule has 3 heterocycles. The van der Waals surface area contributed by atoms with E-state index in [1.165, 1.54) is 17.6 Å². The predicted octanol–water partition coefficient (Wildman–Crippen LogP) is 3.96. The van der Waals surface area contributed by atoms with Crippen LogP contribution in [0.5, 0.6) is 0 Å². The van der Waals surface area contributed by atoms with Crippen LogP contribution in [0.4, 0.5) is 0 Å². The van der Waals surface area contributed by atoms with E-state index in [-0.39, 0.29) is 5.91 Å². The number of carbonyl (C=O) groups is 1. The van der Waals surface area contributed by atoms with Gasteiger partial charge in [-0.05, 0) is 55.7 Å². The third-order valence-corrected chi connectivity index (χ3v) is 5.93. The monoisotopic (exact) mass is 366 g/mol. The Morgan fingerprint density at radius 2 is 2.12 bits per heavy atom. The van der Waals surface area contributed by atoms with Crippen molar-refractivity contribution < 1.29 is 4.79 Å². The van der Waals surface area contributed by atoms with Crippen LogP contribution in [0.2, 0.25) is 0 Å². The van der Waals surface area contributed by atoms with Crippen molar-refractivity contribution in [1.29, 1.82) is 0 Å². The summed E-state index contributed by atoms with van der Waals surface area (Å²) in [7, 11) is 0. The highest BCUT2D eigenvalue weighted by molar-refractivity contribution is 7.09. The Labute approximate surface area is 157 Å². The molecule has 6 heteroatoms. The molecule has 1 aliphatic rings. The Balaban J connectivity index is 1.56. The van der Waals surface area contributed by atoms with Gasteiger partial charge in [0.25, 0.3) is 5.91 Å². The first-order chi connectivity index (χ1) is 12.8. The van der Waals surface area contributed by atoms with Gasteiger partial charge in [0.15, 0.2) is 0 Å². The number of amides is 1. The number of piperidine rings is 1. The van der Waals surface area contributed by atoms with E-state index in [0.29, 0.717) is 11.6 Å². The fourth-order valence-electron chi connectivity index (χ4n) is 3.67. The minimum absolute atomic E-state index is 0.104. The lowest BCUT2D eigenvalue weighted by Crippen LogP contribution is -2.44. The molecule has 0 bridgehead atoms. The number of nitrogens with zero attached hydrogens (tertiary/aromatic N) is 4. The van der Waals surface area contributed by atoms with Crippen molar-refractivity contribution in [3.05, 3.63) is 64.9 Å². The lowest BCUT2D eigenvalue weighted by Gasteiger charge is -2.36. The summed E-state index contributed by atoms with van der Waals surface area (Å²) in [6, 6.07) is 12.2. The average Bonchev–Trinajstić information content (AvgIpc) is 3.40. The van der Waals surface area contributed by atoms with E-state index in [0.717, 1.165) is 37.9 Å². The van der Waals surface area contributed by atoms with E-state index < -0.39 is 0 Å². The van der Waals surface area contributed by atoms with Crippen molar-refractivity contribution >= 4 is 17.2 Å². The zero-order chi connectivity index (χ0) is 17.8. The first-order valence-corrected chi connectivity index (χ1v) is 9.98. The molecule has 4 rings (SSSR count). The second-order valence-electron chi connectivity index (χ2n) is 6.62. The van der Waals surface area contributed by atoms with Crippen LogP contribution in [0.3, 0.4) is 0 Å². The first kappa shape index (κ1) is 17.0. The summed E-state index contributed by atoms with van der Waals surface area (Å²) in [5.74, 6) is 0.104. The average molecular weight is 366 g/mol. The molecule has 5 nitrogen and oxygen atoms in total. The van der Waals surface area contributed by atoms with Crippen LogP contribution < -0.4 is 0 Å². The molecular weight excluding hydrogens is 344 g/mol. The van der Waals surface area contributed by atoms with Crippen LogP contribution in [0.25, 0.3) is 5.69 Å². The van der Waals surface area contributed by atoms with Gasteiger partial charge in [0, 0.05) is 17.5 Å². The predicted molar refractivity (Wildman–Crippen MR) is 103 cm³/mol. The van der Waals surface area contributed by atoms with Crippen LogP contribution in [0.15, 0.2) is 54.4 Å². The Morgan fingerprint density at radius 3 is 2.92 bits per heavy atom. The minimum atomic E-state index is 0.104. The van der Waals surface area contributed by atoms with Gasteiger partial charge < -0.3 is 4.90 Å². The number of hydrogen-bond acceptors (Lipinski definition) is 4. The number of likely N-dealkylation sites (tertiary alicyclic amines) is 1. The van der Waals surface area contributed by atoms with Gasteiger partial charge in [-0.15, -0.1) is 11.3 Å². The van der Waals surface area contributed by atoms with Crippen molar-refractivity contribution in [3.63, 3.8) is 0 Å². The molecule has 0 aliphatic carbocycles. The van der Waals surface area contributed by atoms with E-state index >= 15 is 0 Å². The van der Waals surface area contributed by atoms with E-state index in [9.17, 15) is 4.79 Å². The number of hydrogen-bond donors (Lipinski definition) is 0. The smallest absolute Gasteiger partial charge is 0.256 e. The van der Waals surface area contributed by atoms with Crippen molar-refractivity contribution in [3.8, 4) is 5.69 Å². The Morgan fingerprint density at radius 1 is 1.19 bits per heavy atom. The molecule has 1 amide bonds. The SMILES string of the molecule is O=C(c1ccccc1-n1cncn1)N1CCCC[C@@H]1CCc1cccs1. The standard InChI is InChI=1S/C20H22N4OS/c25-20(18-8-1-2-9-19(18)24-15-21-14-22-24)23-12-4-3-6-16(23)10-11-17-7-5-13-26-17/h1-2,5,7-9,13-16H,3-4,6,10-12H2/t16-/m1/s1. The molecule has 0 saturated carbocycles. The lowest BCUT2D eigenvalue weighted by atomic mass is 9.96. The first-order valence-electron chi connectivity index (χ1n) is 9.10. The summed E-state index contributed by atoms with van der Waals surface area (Å²) in [6.07, 6.45) is 8.55. The van der Waals surface area contributed by atoms with E-state index in [1.54, 1.807) is 22.3 Å². The summed E-state index contributed by atoms with van der Waals surface area (Å²) >= 11 is 1.80. The van der Waals surface area contributed by atoms with Gasteiger partial charge in [-0.1, -0.05) is 18.2 Å². The number of thiophene rings is 1. The Hall–Kier alpha value is -2.47. The molecule has 1 saturated heterocycles.